The summed E-state index contributed by atoms with van der Waals surface area (Å²) in [7, 11) is 0. The third-order valence-corrected chi connectivity index (χ3v) is 6.67. The van der Waals surface area contributed by atoms with Gasteiger partial charge in [0.1, 0.15) is 5.75 Å². The van der Waals surface area contributed by atoms with Crippen molar-refractivity contribution in [1.29, 1.82) is 5.41 Å². The van der Waals surface area contributed by atoms with Gasteiger partial charge in [-0.1, -0.05) is 12.1 Å². The van der Waals surface area contributed by atoms with Crippen molar-refractivity contribution in [3.05, 3.63) is 52.9 Å². The number of thioether (sulfide) groups is 2. The lowest BCUT2D eigenvalue weighted by Crippen LogP contribution is -2.35. The van der Waals surface area contributed by atoms with Crippen LogP contribution >= 0.6 is 23.5 Å². The van der Waals surface area contributed by atoms with Gasteiger partial charge in [0.25, 0.3) is 5.91 Å². The molecule has 4 rings (SSSR count). The van der Waals surface area contributed by atoms with Gasteiger partial charge in [-0.15, -0.1) is 16.9 Å². The van der Waals surface area contributed by atoms with E-state index >= 15 is 0 Å². The number of nitrogens with one attached hydrogen (secondary N) is 1. The lowest BCUT2D eigenvalue weighted by atomic mass is 10.1. The Balaban J connectivity index is 1.76. The maximum Gasteiger partial charge on any atom is 0.283 e. The Morgan fingerprint density at radius 1 is 1.30 bits per heavy atom. The summed E-state index contributed by atoms with van der Waals surface area (Å²) in [5.41, 5.74) is 3.97. The van der Waals surface area contributed by atoms with Crippen molar-refractivity contribution in [1.82, 2.24) is 9.58 Å². The first-order valence-electron chi connectivity index (χ1n) is 9.40. The van der Waals surface area contributed by atoms with Gasteiger partial charge < -0.3 is 9.30 Å². The fraction of sp³-hybridized carbons (Fsp3) is 0.238. The molecule has 7 nitrogen and oxygen atoms in total. The molecule has 9 heteroatoms. The summed E-state index contributed by atoms with van der Waals surface area (Å²) >= 11 is 2.77. The zero-order valence-electron chi connectivity index (χ0n) is 17.1. The number of hydrogen-bond donors (Lipinski definition) is 1. The van der Waals surface area contributed by atoms with E-state index in [0.717, 1.165) is 32.8 Å². The lowest BCUT2D eigenvalue weighted by molar-refractivity contribution is -0.114. The molecule has 0 saturated carbocycles. The molecule has 0 saturated heterocycles. The Hall–Kier alpha value is -2.78. The van der Waals surface area contributed by atoms with Crippen molar-refractivity contribution in [2.24, 2.45) is 10.1 Å². The summed E-state index contributed by atoms with van der Waals surface area (Å²) in [6.45, 7) is 6.53. The minimum Gasteiger partial charge on any atom is -0.492 e. The Labute approximate surface area is 183 Å². The molecule has 0 unspecified atom stereocenters. The molecule has 0 radical (unpaired) electrons. The molecule has 1 amide bonds. The number of ether oxygens (including phenoxy) is 1. The minimum atomic E-state index is -0.421. The molecule has 0 spiro atoms. The second-order valence-electron chi connectivity index (χ2n) is 6.65. The first kappa shape index (κ1) is 20.5. The second-order valence-corrected chi connectivity index (χ2v) is 8.66. The highest BCUT2D eigenvalue weighted by molar-refractivity contribution is 8.45. The van der Waals surface area contributed by atoms with E-state index in [4.69, 9.17) is 10.1 Å². The van der Waals surface area contributed by atoms with Crippen molar-refractivity contribution in [3.63, 3.8) is 0 Å². The van der Waals surface area contributed by atoms with E-state index in [1.165, 1.54) is 28.5 Å². The molecule has 30 heavy (non-hydrogen) atoms. The summed E-state index contributed by atoms with van der Waals surface area (Å²) in [6.07, 6.45) is 3.63. The summed E-state index contributed by atoms with van der Waals surface area (Å²) < 4.78 is 8.65. The van der Waals surface area contributed by atoms with Gasteiger partial charge in [0.05, 0.1) is 17.9 Å². The molecule has 1 aromatic heterocycles. The van der Waals surface area contributed by atoms with Crippen LogP contribution in [0, 0.1) is 19.3 Å². The summed E-state index contributed by atoms with van der Waals surface area (Å²) in [4.78, 5) is 16.8. The molecule has 2 aliphatic rings. The minimum absolute atomic E-state index is 0.0427. The van der Waals surface area contributed by atoms with Crippen LogP contribution < -0.4 is 4.74 Å². The van der Waals surface area contributed by atoms with Gasteiger partial charge in [0.15, 0.2) is 10.2 Å². The number of aliphatic imine (C=N–C) groups is 1. The quantitative estimate of drug-likeness (QED) is 0.713. The van der Waals surface area contributed by atoms with E-state index in [-0.39, 0.29) is 11.4 Å². The lowest BCUT2D eigenvalue weighted by Gasteiger charge is -2.20. The van der Waals surface area contributed by atoms with Crippen LogP contribution in [0.15, 0.2) is 46.0 Å². The number of benzene rings is 1. The largest absolute Gasteiger partial charge is 0.492 e. The molecule has 154 valence electrons. The van der Waals surface area contributed by atoms with E-state index in [9.17, 15) is 4.79 Å². The summed E-state index contributed by atoms with van der Waals surface area (Å²) in [5, 5.41) is 14.7. The van der Waals surface area contributed by atoms with Crippen LogP contribution in [0.4, 0.5) is 0 Å². The van der Waals surface area contributed by atoms with Crippen LogP contribution in [0.2, 0.25) is 0 Å². The third-order valence-electron chi connectivity index (χ3n) is 4.79. The number of para-hydroxylation sites is 2. The van der Waals surface area contributed by atoms with Gasteiger partial charge in [-0.05, 0) is 68.6 Å². The number of hydrogen-bond acceptors (Lipinski definition) is 6. The van der Waals surface area contributed by atoms with Crippen molar-refractivity contribution in [3.8, 4) is 11.4 Å². The van der Waals surface area contributed by atoms with E-state index in [2.05, 4.69) is 14.7 Å². The molecule has 0 atom stereocenters. The monoisotopic (exact) mass is 439 g/mol. The molecule has 2 aliphatic heterocycles. The van der Waals surface area contributed by atoms with Crippen LogP contribution in [0.3, 0.4) is 0 Å². The number of fused-ring (bicyclic) bond motifs is 1. The van der Waals surface area contributed by atoms with Gasteiger partial charge in [-0.25, -0.2) is 0 Å². The van der Waals surface area contributed by atoms with Crippen molar-refractivity contribution in [2.45, 2.75) is 20.8 Å². The standard InChI is InChI=1S/C21H21N5O2S2/c1-5-28-17-9-7-6-8-16(17)25-12(2)10-14(13(25)3)11-15-18(22)26-20(23-19(15)27)30-21(24-26)29-4/h6-11,22H,5H2,1-4H3/b15-11+,22-18?. The van der Waals surface area contributed by atoms with Crippen molar-refractivity contribution < 1.29 is 9.53 Å². The zero-order chi connectivity index (χ0) is 21.4. The maximum absolute atomic E-state index is 12.6. The van der Waals surface area contributed by atoms with Crippen LogP contribution in [-0.4, -0.2) is 43.7 Å². The molecule has 3 heterocycles. The van der Waals surface area contributed by atoms with Gasteiger partial charge in [-0.3, -0.25) is 10.2 Å². The average Bonchev–Trinajstić information content (AvgIpc) is 3.26. The van der Waals surface area contributed by atoms with Crippen molar-refractivity contribution >= 4 is 50.9 Å². The number of nitrogens with zero attached hydrogens (tertiary/aromatic N) is 4. The first-order valence-corrected chi connectivity index (χ1v) is 11.4. The number of hydrazone groups is 1. The average molecular weight is 440 g/mol. The maximum atomic E-state index is 12.6. The second kappa shape index (κ2) is 8.16. The highest BCUT2D eigenvalue weighted by Crippen LogP contribution is 2.33. The number of amides is 1. The Bertz CT molecular complexity index is 1150. The fourth-order valence-corrected chi connectivity index (χ4v) is 4.78. The number of carbonyl (C=O) groups excluding carboxylic acids is 1. The van der Waals surface area contributed by atoms with E-state index in [1.54, 1.807) is 6.08 Å². The Morgan fingerprint density at radius 3 is 2.80 bits per heavy atom. The summed E-state index contributed by atoms with van der Waals surface area (Å²) in [6, 6.07) is 9.86. The highest BCUT2D eigenvalue weighted by Gasteiger charge is 2.35. The van der Waals surface area contributed by atoms with Gasteiger partial charge in [-0.2, -0.15) is 10.0 Å². The molecule has 1 aromatic carbocycles. The SMILES string of the molecule is CCOc1ccccc1-n1c(C)cc(/C=C2\C(=N)N3N=C(SC)SC3=NC2=O)c1C. The number of carbonyl (C=O) groups is 1. The third kappa shape index (κ3) is 3.48. The smallest absolute Gasteiger partial charge is 0.283 e. The molecule has 0 aliphatic carbocycles. The molecule has 0 fully saturated rings. The number of aryl methyl sites for hydroxylation is 1. The normalized spacial score (nSPS) is 17.3. The fourth-order valence-electron chi connectivity index (χ4n) is 3.44. The molecular formula is C21H21N5O2S2. The van der Waals surface area contributed by atoms with Crippen LogP contribution in [-0.2, 0) is 4.79 Å². The number of aromatic nitrogens is 1. The van der Waals surface area contributed by atoms with E-state index in [0.29, 0.717) is 11.8 Å². The molecule has 2 aromatic rings. The van der Waals surface area contributed by atoms with Gasteiger partial charge >= 0.3 is 0 Å². The predicted molar refractivity (Wildman–Crippen MR) is 125 cm³/mol. The Morgan fingerprint density at radius 2 is 2.07 bits per heavy atom. The van der Waals surface area contributed by atoms with Crippen LogP contribution in [0.25, 0.3) is 11.8 Å². The van der Waals surface area contributed by atoms with E-state index in [1.807, 2.05) is 57.4 Å². The van der Waals surface area contributed by atoms with E-state index < -0.39 is 5.91 Å². The Kier molecular flexibility index (Phi) is 5.57. The van der Waals surface area contributed by atoms with Crippen molar-refractivity contribution in [2.75, 3.05) is 12.9 Å². The zero-order valence-corrected chi connectivity index (χ0v) is 18.7. The highest BCUT2D eigenvalue weighted by atomic mass is 32.2. The predicted octanol–water partition coefficient (Wildman–Crippen LogP) is 4.43. The molecular weight excluding hydrogens is 418 g/mol. The van der Waals surface area contributed by atoms with Gasteiger partial charge in [0.2, 0.25) is 5.17 Å². The first-order chi connectivity index (χ1) is 14.4. The topological polar surface area (TPSA) is 83.0 Å². The molecule has 1 N–H and O–H groups in total. The number of amidine groups is 2. The van der Waals surface area contributed by atoms with Crippen LogP contribution in [0.1, 0.15) is 23.9 Å². The van der Waals surface area contributed by atoms with Crippen LogP contribution in [0.5, 0.6) is 5.75 Å². The van der Waals surface area contributed by atoms with Gasteiger partial charge in [0, 0.05) is 11.4 Å². The molecule has 0 bridgehead atoms. The number of rotatable bonds is 4. The summed E-state index contributed by atoms with van der Waals surface area (Å²) in [5.74, 6) is 0.418.